The molecule has 0 radical (unpaired) electrons. The Labute approximate surface area is 98.6 Å². The summed E-state index contributed by atoms with van der Waals surface area (Å²) in [7, 11) is 0. The summed E-state index contributed by atoms with van der Waals surface area (Å²) in [6.45, 7) is 0. The molecule has 15 heavy (non-hydrogen) atoms. The molecule has 4 heteroatoms. The second-order valence-electron chi connectivity index (χ2n) is 3.79. The predicted octanol–water partition coefficient (Wildman–Crippen LogP) is 3.62. The lowest BCUT2D eigenvalue weighted by Gasteiger charge is -2.20. The number of pyridine rings is 1. The summed E-state index contributed by atoms with van der Waals surface area (Å²) >= 11 is 11.8. The average Bonchev–Trinajstić information content (AvgIpc) is 2.20. The van der Waals surface area contributed by atoms with Crippen LogP contribution in [0.25, 0.3) is 0 Å². The lowest BCUT2D eigenvalue weighted by Crippen LogP contribution is -2.18. The predicted molar refractivity (Wildman–Crippen MR) is 60.5 cm³/mol. The average molecular weight is 244 g/mol. The third-order valence-electron chi connectivity index (χ3n) is 2.72. The highest BCUT2D eigenvalue weighted by molar-refractivity contribution is 6.35. The number of aromatic nitrogens is 1. The van der Waals surface area contributed by atoms with Crippen molar-refractivity contribution in [3.05, 3.63) is 28.0 Å². The van der Waals surface area contributed by atoms with Crippen LogP contribution in [0.2, 0.25) is 10.0 Å². The molecule has 80 valence electrons. The van der Waals surface area contributed by atoms with Crippen molar-refractivity contribution in [1.29, 1.82) is 0 Å². The number of halogens is 2. The van der Waals surface area contributed by atoms with Crippen LogP contribution in [0.15, 0.2) is 12.3 Å². The third kappa shape index (κ3) is 2.32. The Balaban J connectivity index is 2.31. The van der Waals surface area contributed by atoms with Crippen molar-refractivity contribution in [3.8, 4) is 0 Å². The highest BCUT2D eigenvalue weighted by Crippen LogP contribution is 2.33. The summed E-state index contributed by atoms with van der Waals surface area (Å²) in [5.41, 5.74) is 0.686. The van der Waals surface area contributed by atoms with Crippen molar-refractivity contribution < 1.29 is 4.79 Å². The zero-order chi connectivity index (χ0) is 10.8. The number of Topliss-reactive ketones (excluding diaryl/α,β-unsaturated/α-hetero) is 1. The van der Waals surface area contributed by atoms with Gasteiger partial charge < -0.3 is 0 Å². The van der Waals surface area contributed by atoms with Crippen LogP contribution < -0.4 is 0 Å². The van der Waals surface area contributed by atoms with Crippen molar-refractivity contribution in [3.63, 3.8) is 0 Å². The largest absolute Gasteiger partial charge is 0.299 e. The summed E-state index contributed by atoms with van der Waals surface area (Å²) < 4.78 is 0. The van der Waals surface area contributed by atoms with Gasteiger partial charge in [-0.3, -0.25) is 9.78 Å². The Hall–Kier alpha value is -0.600. The summed E-state index contributed by atoms with van der Waals surface area (Å²) in [5, 5.41) is 1.01. The van der Waals surface area contributed by atoms with E-state index in [0.717, 1.165) is 19.3 Å². The van der Waals surface area contributed by atoms with Crippen LogP contribution in [0.4, 0.5) is 0 Å². The molecule has 0 aromatic carbocycles. The topological polar surface area (TPSA) is 30.0 Å². The highest BCUT2D eigenvalue weighted by Gasteiger charge is 2.26. The van der Waals surface area contributed by atoms with Crippen molar-refractivity contribution in [2.45, 2.75) is 31.6 Å². The fourth-order valence-electron chi connectivity index (χ4n) is 1.95. The van der Waals surface area contributed by atoms with Crippen LogP contribution >= 0.6 is 23.2 Å². The fraction of sp³-hybridized carbons (Fsp3) is 0.455. The molecule has 2 rings (SSSR count). The van der Waals surface area contributed by atoms with E-state index in [2.05, 4.69) is 4.98 Å². The van der Waals surface area contributed by atoms with E-state index in [1.807, 2.05) is 0 Å². The van der Waals surface area contributed by atoms with Gasteiger partial charge in [-0.15, -0.1) is 0 Å². The van der Waals surface area contributed by atoms with Crippen molar-refractivity contribution in [2.75, 3.05) is 0 Å². The van der Waals surface area contributed by atoms with Crippen molar-refractivity contribution >= 4 is 29.0 Å². The first kappa shape index (κ1) is 10.9. The Morgan fingerprint density at radius 1 is 1.33 bits per heavy atom. The molecule has 0 spiro atoms. The first-order valence-corrected chi connectivity index (χ1v) is 5.78. The highest BCUT2D eigenvalue weighted by atomic mass is 35.5. The van der Waals surface area contributed by atoms with E-state index >= 15 is 0 Å². The van der Waals surface area contributed by atoms with Gasteiger partial charge in [0.25, 0.3) is 0 Å². The number of hydrogen-bond acceptors (Lipinski definition) is 2. The maximum atomic E-state index is 11.7. The van der Waals surface area contributed by atoms with E-state index in [1.165, 1.54) is 0 Å². The quantitative estimate of drug-likeness (QED) is 0.755. The van der Waals surface area contributed by atoms with Crippen LogP contribution in [0.3, 0.4) is 0 Å². The van der Waals surface area contributed by atoms with E-state index in [-0.39, 0.29) is 11.7 Å². The van der Waals surface area contributed by atoms with Crippen molar-refractivity contribution in [1.82, 2.24) is 4.98 Å². The third-order valence-corrected chi connectivity index (χ3v) is 3.23. The van der Waals surface area contributed by atoms with Gasteiger partial charge in [0, 0.05) is 12.6 Å². The molecule has 1 heterocycles. The number of hydrogen-bond donors (Lipinski definition) is 0. The molecule has 0 N–H and O–H groups in total. The number of nitrogens with zero attached hydrogens (tertiary/aromatic N) is 1. The zero-order valence-electron chi connectivity index (χ0n) is 8.17. The van der Waals surface area contributed by atoms with Gasteiger partial charge in [0.2, 0.25) is 0 Å². The minimum Gasteiger partial charge on any atom is -0.299 e. The Kier molecular flexibility index (Phi) is 3.27. The van der Waals surface area contributed by atoms with E-state index in [9.17, 15) is 4.79 Å². The molecule has 1 atom stereocenters. The molecule has 1 unspecified atom stereocenters. The maximum absolute atomic E-state index is 11.7. The Morgan fingerprint density at radius 2 is 2.13 bits per heavy atom. The van der Waals surface area contributed by atoms with Gasteiger partial charge >= 0.3 is 0 Å². The first-order chi connectivity index (χ1) is 7.18. The van der Waals surface area contributed by atoms with Gasteiger partial charge in [0.1, 0.15) is 5.78 Å². The number of carbonyl (C=O) groups excluding carboxylic acids is 1. The molecule has 0 bridgehead atoms. The zero-order valence-corrected chi connectivity index (χ0v) is 9.68. The number of ketones is 1. The Morgan fingerprint density at radius 3 is 2.80 bits per heavy atom. The SMILES string of the molecule is O=C1CCCCC1c1ncc(Cl)cc1Cl. The molecular weight excluding hydrogens is 233 g/mol. The monoisotopic (exact) mass is 243 g/mol. The molecule has 1 fully saturated rings. The van der Waals surface area contributed by atoms with Gasteiger partial charge in [-0.05, 0) is 18.9 Å². The number of carbonyl (C=O) groups is 1. The molecular formula is C11H11Cl2NO. The molecule has 2 nitrogen and oxygen atoms in total. The van der Waals surface area contributed by atoms with Gasteiger partial charge in [0.05, 0.1) is 21.7 Å². The summed E-state index contributed by atoms with van der Waals surface area (Å²) in [6.07, 6.45) is 5.10. The van der Waals surface area contributed by atoms with Gasteiger partial charge in [-0.2, -0.15) is 0 Å². The molecule has 0 aliphatic heterocycles. The van der Waals surface area contributed by atoms with Gasteiger partial charge in [-0.1, -0.05) is 29.6 Å². The van der Waals surface area contributed by atoms with Crippen molar-refractivity contribution in [2.24, 2.45) is 0 Å². The molecule has 0 saturated heterocycles. The second-order valence-corrected chi connectivity index (χ2v) is 4.63. The fourth-order valence-corrected chi connectivity index (χ4v) is 2.47. The van der Waals surface area contributed by atoms with Gasteiger partial charge in [0.15, 0.2) is 0 Å². The minimum absolute atomic E-state index is 0.122. The summed E-state index contributed by atoms with van der Waals surface area (Å²) in [6, 6.07) is 1.65. The molecule has 1 aromatic heterocycles. The van der Waals surface area contributed by atoms with E-state index in [4.69, 9.17) is 23.2 Å². The van der Waals surface area contributed by atoms with Crippen LogP contribution in [-0.2, 0) is 4.79 Å². The normalized spacial score (nSPS) is 21.7. The molecule has 1 aliphatic rings. The van der Waals surface area contributed by atoms with Crippen LogP contribution in [0.1, 0.15) is 37.3 Å². The van der Waals surface area contributed by atoms with E-state index in [0.29, 0.717) is 22.2 Å². The summed E-state index contributed by atoms with van der Waals surface area (Å²) in [4.78, 5) is 15.9. The molecule has 1 saturated carbocycles. The van der Waals surface area contributed by atoms with Crippen LogP contribution in [-0.4, -0.2) is 10.8 Å². The standard InChI is InChI=1S/C11H11Cl2NO/c12-7-5-9(13)11(14-6-7)8-3-1-2-4-10(8)15/h5-6,8H,1-4H2. The van der Waals surface area contributed by atoms with E-state index < -0.39 is 0 Å². The number of rotatable bonds is 1. The maximum Gasteiger partial charge on any atom is 0.141 e. The molecule has 1 aromatic rings. The summed E-state index contributed by atoms with van der Waals surface area (Å²) in [5.74, 6) is 0.126. The Bertz CT molecular complexity index is 392. The van der Waals surface area contributed by atoms with Crippen LogP contribution in [0.5, 0.6) is 0 Å². The lowest BCUT2D eigenvalue weighted by atomic mass is 9.85. The minimum atomic E-state index is -0.122. The second kappa shape index (κ2) is 4.50. The molecule has 1 aliphatic carbocycles. The lowest BCUT2D eigenvalue weighted by molar-refractivity contribution is -0.121. The van der Waals surface area contributed by atoms with Crippen LogP contribution in [0, 0.1) is 0 Å². The molecule has 0 amide bonds. The van der Waals surface area contributed by atoms with Gasteiger partial charge in [-0.25, -0.2) is 0 Å². The first-order valence-electron chi connectivity index (χ1n) is 5.02. The smallest absolute Gasteiger partial charge is 0.141 e. The van der Waals surface area contributed by atoms with E-state index in [1.54, 1.807) is 12.3 Å².